The van der Waals surface area contributed by atoms with Crippen molar-refractivity contribution >= 4 is 30.7 Å². The Morgan fingerprint density at radius 3 is 2.79 bits per heavy atom. The van der Waals surface area contributed by atoms with E-state index >= 15 is 0 Å². The summed E-state index contributed by atoms with van der Waals surface area (Å²) >= 11 is 0. The lowest BCUT2D eigenvalue weighted by molar-refractivity contribution is -0.134. The first-order valence-corrected chi connectivity index (χ1v) is 7.74. The summed E-state index contributed by atoms with van der Waals surface area (Å²) < 4.78 is 5.74. The van der Waals surface area contributed by atoms with Crippen LogP contribution in [0.4, 0.5) is 0 Å². The highest BCUT2D eigenvalue weighted by Gasteiger charge is 2.22. The lowest BCUT2D eigenvalue weighted by Gasteiger charge is -2.34. The summed E-state index contributed by atoms with van der Waals surface area (Å²) in [5.74, 6) is 1.54. The van der Waals surface area contributed by atoms with Gasteiger partial charge in [-0.25, -0.2) is 4.98 Å². The van der Waals surface area contributed by atoms with Crippen LogP contribution in [-0.4, -0.2) is 41.5 Å². The Bertz CT molecular complexity index is 634. The summed E-state index contributed by atoms with van der Waals surface area (Å²) in [5.41, 5.74) is 1.00. The van der Waals surface area contributed by atoms with Gasteiger partial charge in [-0.15, -0.1) is 24.8 Å². The van der Waals surface area contributed by atoms with Crippen molar-refractivity contribution < 1.29 is 9.21 Å². The van der Waals surface area contributed by atoms with Crippen LogP contribution in [-0.2, 0) is 11.2 Å². The summed E-state index contributed by atoms with van der Waals surface area (Å²) in [7, 11) is 0. The normalized spacial score (nSPS) is 16.9. The van der Waals surface area contributed by atoms with Gasteiger partial charge in [0.2, 0.25) is 5.91 Å². The van der Waals surface area contributed by atoms with E-state index in [0.29, 0.717) is 18.7 Å². The highest BCUT2D eigenvalue weighted by molar-refractivity contribution is 5.85. The number of nitrogens with zero attached hydrogens (tertiary/aromatic N) is 2. The lowest BCUT2D eigenvalue weighted by atomic mass is 10.2. The topological polar surface area (TPSA) is 58.4 Å². The molecule has 132 valence electrons. The molecule has 0 aliphatic carbocycles. The number of carbonyl (C=O) groups is 1. The van der Waals surface area contributed by atoms with Crippen LogP contribution in [0, 0.1) is 0 Å². The summed E-state index contributed by atoms with van der Waals surface area (Å²) in [6.45, 7) is 4.58. The van der Waals surface area contributed by atoms with Crippen LogP contribution in [0.5, 0.6) is 0 Å². The Morgan fingerprint density at radius 1 is 1.33 bits per heavy atom. The average Bonchev–Trinajstić information content (AvgIpc) is 3.03. The molecule has 1 atom stereocenters. The van der Waals surface area contributed by atoms with Crippen molar-refractivity contribution in [1.29, 1.82) is 0 Å². The highest BCUT2D eigenvalue weighted by Crippen LogP contribution is 2.20. The number of amides is 1. The second-order valence-electron chi connectivity index (χ2n) is 5.62. The van der Waals surface area contributed by atoms with E-state index in [4.69, 9.17) is 4.42 Å². The van der Waals surface area contributed by atoms with Gasteiger partial charge < -0.3 is 14.6 Å². The Balaban J connectivity index is 0.00000144. The molecule has 0 radical (unpaired) electrons. The fourth-order valence-corrected chi connectivity index (χ4v) is 2.73. The third kappa shape index (κ3) is 4.97. The molecule has 24 heavy (non-hydrogen) atoms. The first kappa shape index (κ1) is 20.5. The van der Waals surface area contributed by atoms with Crippen LogP contribution in [0.3, 0.4) is 0 Å². The van der Waals surface area contributed by atoms with Crippen molar-refractivity contribution in [2.24, 2.45) is 0 Å². The van der Waals surface area contributed by atoms with Gasteiger partial charge in [0.15, 0.2) is 11.7 Å². The summed E-state index contributed by atoms with van der Waals surface area (Å²) in [4.78, 5) is 18.5. The maximum atomic E-state index is 12.3. The number of benzene rings is 1. The van der Waals surface area contributed by atoms with Gasteiger partial charge in [0.05, 0.1) is 6.20 Å². The van der Waals surface area contributed by atoms with E-state index in [1.54, 1.807) is 6.20 Å². The summed E-state index contributed by atoms with van der Waals surface area (Å²) in [6, 6.07) is 10.1. The molecule has 0 bridgehead atoms. The molecule has 1 unspecified atom stereocenters. The van der Waals surface area contributed by atoms with Crippen molar-refractivity contribution in [2.45, 2.75) is 25.8 Å². The molecule has 1 fully saturated rings. The van der Waals surface area contributed by atoms with Gasteiger partial charge in [0.1, 0.15) is 0 Å². The Kier molecular flexibility index (Phi) is 8.25. The first-order valence-electron chi connectivity index (χ1n) is 7.74. The van der Waals surface area contributed by atoms with Gasteiger partial charge >= 0.3 is 0 Å². The van der Waals surface area contributed by atoms with Gasteiger partial charge in [0, 0.05) is 44.1 Å². The zero-order valence-corrected chi connectivity index (χ0v) is 15.2. The first-order chi connectivity index (χ1) is 10.7. The van der Waals surface area contributed by atoms with E-state index in [0.717, 1.165) is 31.0 Å². The van der Waals surface area contributed by atoms with Crippen molar-refractivity contribution in [3.8, 4) is 11.3 Å². The van der Waals surface area contributed by atoms with Gasteiger partial charge in [-0.05, 0) is 6.92 Å². The molecule has 1 N–H and O–H groups in total. The van der Waals surface area contributed by atoms with E-state index in [9.17, 15) is 4.79 Å². The molecular formula is C17H23Cl2N3O2. The van der Waals surface area contributed by atoms with Gasteiger partial charge in [-0.3, -0.25) is 4.79 Å². The Morgan fingerprint density at radius 2 is 2.08 bits per heavy atom. The minimum Gasteiger partial charge on any atom is -0.441 e. The summed E-state index contributed by atoms with van der Waals surface area (Å²) in [5, 5.41) is 3.29. The third-order valence-corrected chi connectivity index (χ3v) is 3.99. The number of aromatic nitrogens is 1. The SMILES string of the molecule is CC1CNCCN1C(=O)CCc1ncc(-c2ccccc2)o1.Cl.Cl. The van der Waals surface area contributed by atoms with Crippen LogP contribution in [0.2, 0.25) is 0 Å². The van der Waals surface area contributed by atoms with Crippen molar-refractivity contribution in [2.75, 3.05) is 19.6 Å². The van der Waals surface area contributed by atoms with Crippen molar-refractivity contribution in [1.82, 2.24) is 15.2 Å². The lowest BCUT2D eigenvalue weighted by Crippen LogP contribution is -2.52. The Hall–Kier alpha value is -1.56. The molecule has 1 aromatic heterocycles. The van der Waals surface area contributed by atoms with Gasteiger partial charge in [0.25, 0.3) is 0 Å². The molecule has 1 amide bonds. The summed E-state index contributed by atoms with van der Waals surface area (Å²) in [6.07, 6.45) is 2.71. The molecule has 3 rings (SSSR count). The van der Waals surface area contributed by atoms with Crippen LogP contribution in [0.1, 0.15) is 19.2 Å². The number of halogens is 2. The average molecular weight is 372 g/mol. The smallest absolute Gasteiger partial charge is 0.223 e. The number of oxazole rings is 1. The maximum Gasteiger partial charge on any atom is 0.223 e. The maximum absolute atomic E-state index is 12.3. The van der Waals surface area contributed by atoms with Crippen molar-refractivity contribution in [3.63, 3.8) is 0 Å². The van der Waals surface area contributed by atoms with Crippen molar-refractivity contribution in [3.05, 3.63) is 42.4 Å². The van der Waals surface area contributed by atoms with Gasteiger partial charge in [-0.2, -0.15) is 0 Å². The van der Waals surface area contributed by atoms with Crippen LogP contribution in [0.15, 0.2) is 40.9 Å². The second kappa shape index (κ2) is 9.67. The van der Waals surface area contributed by atoms with Gasteiger partial charge in [-0.1, -0.05) is 30.3 Å². The Labute approximate surface area is 154 Å². The number of nitrogens with one attached hydrogen (secondary N) is 1. The number of rotatable bonds is 4. The molecular weight excluding hydrogens is 349 g/mol. The zero-order valence-electron chi connectivity index (χ0n) is 13.6. The minimum atomic E-state index is 0. The highest BCUT2D eigenvalue weighted by atomic mass is 35.5. The fourth-order valence-electron chi connectivity index (χ4n) is 2.73. The molecule has 1 aliphatic rings. The quantitative estimate of drug-likeness (QED) is 0.897. The monoisotopic (exact) mass is 371 g/mol. The number of hydrogen-bond acceptors (Lipinski definition) is 4. The standard InChI is InChI=1S/C17H21N3O2.2ClH/c1-13-11-18-9-10-20(13)17(21)8-7-16-19-12-15(22-16)14-5-3-2-4-6-14;;/h2-6,12-13,18H,7-11H2,1H3;2*1H. The molecule has 5 nitrogen and oxygen atoms in total. The predicted molar refractivity (Wildman–Crippen MR) is 98.8 cm³/mol. The molecule has 0 spiro atoms. The van der Waals surface area contributed by atoms with Crippen LogP contribution >= 0.6 is 24.8 Å². The van der Waals surface area contributed by atoms with E-state index in [1.165, 1.54) is 0 Å². The molecule has 2 aromatic rings. The predicted octanol–water partition coefficient (Wildman–Crippen LogP) is 2.94. The second-order valence-corrected chi connectivity index (χ2v) is 5.62. The van der Waals surface area contributed by atoms with E-state index in [1.807, 2.05) is 35.2 Å². The van der Waals surface area contributed by atoms with Crippen LogP contribution < -0.4 is 5.32 Å². The largest absolute Gasteiger partial charge is 0.441 e. The number of hydrogen-bond donors (Lipinski definition) is 1. The van der Waals surface area contributed by atoms with E-state index < -0.39 is 0 Å². The third-order valence-electron chi connectivity index (χ3n) is 3.99. The van der Waals surface area contributed by atoms with E-state index in [-0.39, 0.29) is 36.8 Å². The van der Waals surface area contributed by atoms with Crippen LogP contribution in [0.25, 0.3) is 11.3 Å². The molecule has 1 aromatic carbocycles. The molecule has 0 saturated carbocycles. The molecule has 7 heteroatoms. The number of piperazine rings is 1. The van der Waals surface area contributed by atoms with E-state index in [2.05, 4.69) is 17.2 Å². The molecule has 1 aliphatic heterocycles. The number of aryl methyl sites for hydroxylation is 1. The minimum absolute atomic E-state index is 0. The molecule has 2 heterocycles. The zero-order chi connectivity index (χ0) is 15.4. The fraction of sp³-hybridized carbons (Fsp3) is 0.412. The molecule has 1 saturated heterocycles. The number of carbonyl (C=O) groups excluding carboxylic acids is 1.